The number of nitrogens with zero attached hydrogens (tertiary/aromatic N) is 4. The summed E-state index contributed by atoms with van der Waals surface area (Å²) in [6.45, 7) is 3.44. The highest BCUT2D eigenvalue weighted by molar-refractivity contribution is 5.77. The number of amides is 1. The zero-order valence-electron chi connectivity index (χ0n) is 18.8. The number of carbonyl (C=O) groups is 1. The molecule has 0 radical (unpaired) electrons. The minimum atomic E-state index is -0.0895. The largest absolute Gasteiger partial charge is 0.341 e. The fourth-order valence-corrected chi connectivity index (χ4v) is 4.56. The standard InChI is InChI=1S/C26H32N4O2/c1-28(22-12-8-17-29(19-22)16-7-11-21-9-3-2-4-10-21)25(31)15-18-30-20-27-24-14-6-5-13-23(24)26(30)32/h2-6,9-10,13-14,20,22H,7-8,11-12,15-19H2,1H3. The van der Waals surface area contributed by atoms with Gasteiger partial charge in [0.25, 0.3) is 5.56 Å². The lowest BCUT2D eigenvalue weighted by Gasteiger charge is -2.37. The summed E-state index contributed by atoms with van der Waals surface area (Å²) in [5.74, 6) is 0.0844. The molecular weight excluding hydrogens is 400 g/mol. The van der Waals surface area contributed by atoms with Gasteiger partial charge in [0.1, 0.15) is 0 Å². The summed E-state index contributed by atoms with van der Waals surface area (Å²) in [5.41, 5.74) is 1.98. The molecule has 3 aromatic rings. The van der Waals surface area contributed by atoms with Crippen LogP contribution in [0.1, 0.15) is 31.2 Å². The zero-order chi connectivity index (χ0) is 22.3. The predicted molar refractivity (Wildman–Crippen MR) is 128 cm³/mol. The van der Waals surface area contributed by atoms with Crippen LogP contribution in [0.5, 0.6) is 0 Å². The van der Waals surface area contributed by atoms with Crippen molar-refractivity contribution in [2.45, 2.75) is 44.7 Å². The molecular formula is C26H32N4O2. The van der Waals surface area contributed by atoms with Gasteiger partial charge in [-0.3, -0.25) is 14.2 Å². The minimum absolute atomic E-state index is 0.0844. The molecule has 1 aliphatic heterocycles. The van der Waals surface area contributed by atoms with Gasteiger partial charge in [0.05, 0.1) is 17.2 Å². The lowest BCUT2D eigenvalue weighted by atomic mass is 10.0. The van der Waals surface area contributed by atoms with E-state index in [9.17, 15) is 9.59 Å². The van der Waals surface area contributed by atoms with Crippen LogP contribution in [0, 0.1) is 0 Å². The maximum Gasteiger partial charge on any atom is 0.261 e. The van der Waals surface area contributed by atoms with Crippen molar-refractivity contribution in [2.24, 2.45) is 0 Å². The van der Waals surface area contributed by atoms with Crippen LogP contribution in [0.15, 0.2) is 65.7 Å². The Morgan fingerprint density at radius 3 is 2.72 bits per heavy atom. The average Bonchev–Trinajstić information content (AvgIpc) is 2.84. The van der Waals surface area contributed by atoms with Crippen LogP contribution in [0.2, 0.25) is 0 Å². The summed E-state index contributed by atoms with van der Waals surface area (Å²) in [6.07, 6.45) is 6.22. The lowest BCUT2D eigenvalue weighted by Crippen LogP contribution is -2.49. The van der Waals surface area contributed by atoms with Crippen molar-refractivity contribution in [1.82, 2.24) is 19.4 Å². The van der Waals surface area contributed by atoms with Gasteiger partial charge >= 0.3 is 0 Å². The first-order valence-electron chi connectivity index (χ1n) is 11.6. The van der Waals surface area contributed by atoms with Crippen molar-refractivity contribution >= 4 is 16.8 Å². The molecule has 1 fully saturated rings. The van der Waals surface area contributed by atoms with Crippen molar-refractivity contribution in [3.63, 3.8) is 0 Å². The minimum Gasteiger partial charge on any atom is -0.341 e. The van der Waals surface area contributed by atoms with Crippen LogP contribution in [0.3, 0.4) is 0 Å². The first kappa shape index (κ1) is 22.2. The molecule has 6 nitrogen and oxygen atoms in total. The molecule has 168 valence electrons. The third-order valence-electron chi connectivity index (χ3n) is 6.50. The SMILES string of the molecule is CN(C(=O)CCn1cnc2ccccc2c1=O)C1CCCN(CCCc2ccccc2)C1. The van der Waals surface area contributed by atoms with E-state index in [1.807, 2.05) is 30.1 Å². The predicted octanol–water partition coefficient (Wildman–Crippen LogP) is 3.34. The van der Waals surface area contributed by atoms with Crippen LogP contribution in [0.25, 0.3) is 10.9 Å². The highest BCUT2D eigenvalue weighted by Gasteiger charge is 2.25. The highest BCUT2D eigenvalue weighted by Crippen LogP contribution is 2.17. The number of likely N-dealkylation sites (N-methyl/N-ethyl adjacent to an activating group) is 1. The van der Waals surface area contributed by atoms with Crippen LogP contribution in [-0.2, 0) is 17.8 Å². The Hall–Kier alpha value is -2.99. The zero-order valence-corrected chi connectivity index (χ0v) is 18.8. The maximum absolute atomic E-state index is 12.9. The van der Waals surface area contributed by atoms with E-state index < -0.39 is 0 Å². The van der Waals surface area contributed by atoms with Gasteiger partial charge in [0.2, 0.25) is 5.91 Å². The Bertz CT molecular complexity index is 1100. The fourth-order valence-electron chi connectivity index (χ4n) is 4.56. The number of carbonyl (C=O) groups excluding carboxylic acids is 1. The monoisotopic (exact) mass is 432 g/mol. The number of hydrogen-bond donors (Lipinski definition) is 0. The van der Waals surface area contributed by atoms with E-state index in [0.717, 1.165) is 45.3 Å². The quantitative estimate of drug-likeness (QED) is 0.548. The molecule has 1 amide bonds. The molecule has 0 spiro atoms. The summed E-state index contributed by atoms with van der Waals surface area (Å²) >= 11 is 0. The van der Waals surface area contributed by atoms with Gasteiger partial charge in [-0.25, -0.2) is 4.98 Å². The Labute approximate surface area is 189 Å². The van der Waals surface area contributed by atoms with Gasteiger partial charge in [-0.2, -0.15) is 0 Å². The van der Waals surface area contributed by atoms with E-state index in [1.54, 1.807) is 17.0 Å². The second-order valence-electron chi connectivity index (χ2n) is 8.70. The van der Waals surface area contributed by atoms with E-state index in [0.29, 0.717) is 23.9 Å². The van der Waals surface area contributed by atoms with E-state index in [4.69, 9.17) is 0 Å². The Kier molecular flexibility index (Phi) is 7.32. The summed E-state index contributed by atoms with van der Waals surface area (Å²) in [6, 6.07) is 18.2. The second-order valence-corrected chi connectivity index (χ2v) is 8.70. The normalized spacial score (nSPS) is 16.8. The maximum atomic E-state index is 12.9. The van der Waals surface area contributed by atoms with Crippen molar-refractivity contribution in [1.29, 1.82) is 0 Å². The van der Waals surface area contributed by atoms with Crippen molar-refractivity contribution in [3.05, 3.63) is 76.8 Å². The fraction of sp³-hybridized carbons (Fsp3) is 0.423. The first-order chi connectivity index (χ1) is 15.6. The summed E-state index contributed by atoms with van der Waals surface area (Å²) in [7, 11) is 1.90. The highest BCUT2D eigenvalue weighted by atomic mass is 16.2. The molecule has 1 aromatic heterocycles. The molecule has 0 N–H and O–H groups in total. The first-order valence-corrected chi connectivity index (χ1v) is 11.6. The Morgan fingerprint density at radius 2 is 1.88 bits per heavy atom. The number of hydrogen-bond acceptors (Lipinski definition) is 4. The van der Waals surface area contributed by atoms with Gasteiger partial charge < -0.3 is 9.80 Å². The van der Waals surface area contributed by atoms with Gasteiger partial charge in [-0.15, -0.1) is 0 Å². The van der Waals surface area contributed by atoms with Crippen LogP contribution in [0.4, 0.5) is 0 Å². The van der Waals surface area contributed by atoms with Gasteiger partial charge in [-0.1, -0.05) is 42.5 Å². The number of likely N-dealkylation sites (tertiary alicyclic amines) is 1. The molecule has 2 heterocycles. The van der Waals surface area contributed by atoms with Crippen LogP contribution >= 0.6 is 0 Å². The molecule has 1 saturated heterocycles. The molecule has 1 aliphatic rings. The molecule has 6 heteroatoms. The second kappa shape index (κ2) is 10.6. The van der Waals surface area contributed by atoms with E-state index in [1.165, 1.54) is 5.56 Å². The summed E-state index contributed by atoms with van der Waals surface area (Å²) in [5, 5.41) is 0.592. The molecule has 2 aromatic carbocycles. The van der Waals surface area contributed by atoms with Crippen molar-refractivity contribution in [2.75, 3.05) is 26.7 Å². The number of rotatable bonds is 8. The molecule has 1 atom stereocenters. The summed E-state index contributed by atoms with van der Waals surface area (Å²) < 4.78 is 1.55. The molecule has 0 aliphatic carbocycles. The number of piperidine rings is 1. The van der Waals surface area contributed by atoms with E-state index >= 15 is 0 Å². The number of para-hydroxylation sites is 1. The molecule has 4 rings (SSSR count). The number of aromatic nitrogens is 2. The molecule has 1 unspecified atom stereocenters. The molecule has 32 heavy (non-hydrogen) atoms. The van der Waals surface area contributed by atoms with Gasteiger partial charge in [0, 0.05) is 32.6 Å². The average molecular weight is 433 g/mol. The van der Waals surface area contributed by atoms with Crippen LogP contribution < -0.4 is 5.56 Å². The molecule has 0 saturated carbocycles. The Morgan fingerprint density at radius 1 is 1.09 bits per heavy atom. The topological polar surface area (TPSA) is 58.4 Å². The van der Waals surface area contributed by atoms with Gasteiger partial charge in [0.15, 0.2) is 0 Å². The third kappa shape index (κ3) is 5.43. The van der Waals surface area contributed by atoms with Gasteiger partial charge in [-0.05, 0) is 56.5 Å². The molecule has 0 bridgehead atoms. The number of fused-ring (bicyclic) bond motifs is 1. The van der Waals surface area contributed by atoms with Crippen molar-refractivity contribution < 1.29 is 4.79 Å². The smallest absolute Gasteiger partial charge is 0.261 e. The van der Waals surface area contributed by atoms with E-state index in [-0.39, 0.29) is 17.5 Å². The number of aryl methyl sites for hydroxylation is 2. The third-order valence-corrected chi connectivity index (χ3v) is 6.50. The van der Waals surface area contributed by atoms with E-state index in [2.05, 4.69) is 40.2 Å². The van der Waals surface area contributed by atoms with Crippen molar-refractivity contribution in [3.8, 4) is 0 Å². The lowest BCUT2D eigenvalue weighted by molar-refractivity contribution is -0.133. The summed E-state index contributed by atoms with van der Waals surface area (Å²) in [4.78, 5) is 34.2. The Balaban J connectivity index is 1.27. The van der Waals surface area contributed by atoms with Crippen LogP contribution in [-0.4, -0.2) is 58.0 Å². The number of benzene rings is 2.